The molecule has 2 aliphatic rings. The Morgan fingerprint density at radius 1 is 1.45 bits per heavy atom. The quantitative estimate of drug-likeness (QED) is 0.882. The standard InChI is InChI=1S/C15H21N3O2/c1-17-8-6-11(9-14(17)19)15(20)18(13-4-5-13)10-12-3-2-7-16-12/h6,8-9,12-13,16H,2-5,7,10H2,1H3. The number of pyridine rings is 1. The van der Waals surface area contributed by atoms with Gasteiger partial charge < -0.3 is 14.8 Å². The number of nitrogens with one attached hydrogen (secondary N) is 1. The van der Waals surface area contributed by atoms with Crippen molar-refractivity contribution < 1.29 is 4.79 Å². The molecule has 1 aromatic rings. The highest BCUT2D eigenvalue weighted by molar-refractivity contribution is 5.94. The second-order valence-corrected chi connectivity index (χ2v) is 5.85. The van der Waals surface area contributed by atoms with Gasteiger partial charge in [-0.1, -0.05) is 0 Å². The van der Waals surface area contributed by atoms with E-state index in [9.17, 15) is 9.59 Å². The molecule has 5 nitrogen and oxygen atoms in total. The zero-order chi connectivity index (χ0) is 14.1. The van der Waals surface area contributed by atoms with Crippen LogP contribution in [0.15, 0.2) is 23.1 Å². The fraction of sp³-hybridized carbons (Fsp3) is 0.600. The van der Waals surface area contributed by atoms with Crippen molar-refractivity contribution in [2.75, 3.05) is 13.1 Å². The summed E-state index contributed by atoms with van der Waals surface area (Å²) < 4.78 is 1.48. The van der Waals surface area contributed by atoms with E-state index in [4.69, 9.17) is 0 Å². The molecular formula is C15H21N3O2. The number of nitrogens with zero attached hydrogens (tertiary/aromatic N) is 2. The summed E-state index contributed by atoms with van der Waals surface area (Å²) in [6, 6.07) is 3.96. The zero-order valence-electron chi connectivity index (χ0n) is 11.8. The van der Waals surface area contributed by atoms with Crippen LogP contribution in [0.3, 0.4) is 0 Å². The average Bonchev–Trinajstić information content (AvgIpc) is 3.15. The van der Waals surface area contributed by atoms with Crippen LogP contribution in [0, 0.1) is 0 Å². The lowest BCUT2D eigenvalue weighted by molar-refractivity contribution is 0.0728. The van der Waals surface area contributed by atoms with E-state index in [1.54, 1.807) is 19.3 Å². The Bertz CT molecular complexity index is 556. The van der Waals surface area contributed by atoms with Crippen LogP contribution in [-0.4, -0.2) is 40.5 Å². The van der Waals surface area contributed by atoms with Crippen molar-refractivity contribution in [1.82, 2.24) is 14.8 Å². The summed E-state index contributed by atoms with van der Waals surface area (Å²) in [5.74, 6) is -0.00102. The molecule has 20 heavy (non-hydrogen) atoms. The van der Waals surface area contributed by atoms with Crippen LogP contribution >= 0.6 is 0 Å². The fourth-order valence-electron chi connectivity index (χ4n) is 2.78. The fourth-order valence-corrected chi connectivity index (χ4v) is 2.78. The molecule has 3 rings (SSSR count). The van der Waals surface area contributed by atoms with Crippen LogP contribution in [0.2, 0.25) is 0 Å². The minimum Gasteiger partial charge on any atom is -0.334 e. The first-order chi connectivity index (χ1) is 9.65. The van der Waals surface area contributed by atoms with E-state index in [-0.39, 0.29) is 11.5 Å². The van der Waals surface area contributed by atoms with Crippen LogP contribution < -0.4 is 10.9 Å². The van der Waals surface area contributed by atoms with Gasteiger partial charge in [0.1, 0.15) is 0 Å². The number of amides is 1. The van der Waals surface area contributed by atoms with E-state index >= 15 is 0 Å². The predicted molar refractivity (Wildman–Crippen MR) is 76.8 cm³/mol. The largest absolute Gasteiger partial charge is 0.334 e. The minimum absolute atomic E-state index is 0.00102. The molecule has 2 fully saturated rings. The number of hydrogen-bond donors (Lipinski definition) is 1. The lowest BCUT2D eigenvalue weighted by atomic mass is 10.1. The number of carbonyl (C=O) groups is 1. The predicted octanol–water partition coefficient (Wildman–Crippen LogP) is 0.742. The lowest BCUT2D eigenvalue weighted by Gasteiger charge is -2.26. The average molecular weight is 275 g/mol. The van der Waals surface area contributed by atoms with E-state index in [1.165, 1.54) is 17.1 Å². The first-order valence-electron chi connectivity index (χ1n) is 7.36. The molecular weight excluding hydrogens is 254 g/mol. The van der Waals surface area contributed by atoms with Gasteiger partial charge in [-0.15, -0.1) is 0 Å². The van der Waals surface area contributed by atoms with Gasteiger partial charge in [0.25, 0.3) is 11.5 Å². The topological polar surface area (TPSA) is 54.3 Å². The van der Waals surface area contributed by atoms with Gasteiger partial charge in [0.15, 0.2) is 0 Å². The molecule has 1 saturated heterocycles. The number of rotatable bonds is 4. The van der Waals surface area contributed by atoms with E-state index < -0.39 is 0 Å². The van der Waals surface area contributed by atoms with Gasteiger partial charge in [-0.25, -0.2) is 0 Å². The molecule has 1 saturated carbocycles. The number of aromatic nitrogens is 1. The summed E-state index contributed by atoms with van der Waals surface area (Å²) in [7, 11) is 1.69. The monoisotopic (exact) mass is 275 g/mol. The summed E-state index contributed by atoms with van der Waals surface area (Å²) >= 11 is 0. The molecule has 1 aliphatic carbocycles. The van der Waals surface area contributed by atoms with E-state index in [2.05, 4.69) is 5.32 Å². The number of aryl methyl sites for hydroxylation is 1. The molecule has 1 amide bonds. The Balaban J connectivity index is 1.77. The van der Waals surface area contributed by atoms with Gasteiger partial charge in [-0.3, -0.25) is 9.59 Å². The number of carbonyl (C=O) groups excluding carboxylic acids is 1. The normalized spacial score (nSPS) is 21.9. The Hall–Kier alpha value is -1.62. The van der Waals surface area contributed by atoms with Crippen molar-refractivity contribution in [3.8, 4) is 0 Å². The van der Waals surface area contributed by atoms with E-state index in [1.807, 2.05) is 4.90 Å². The maximum absolute atomic E-state index is 12.6. The second kappa shape index (κ2) is 5.40. The summed E-state index contributed by atoms with van der Waals surface area (Å²) in [5.41, 5.74) is 0.378. The van der Waals surface area contributed by atoms with Crippen molar-refractivity contribution in [3.63, 3.8) is 0 Å². The van der Waals surface area contributed by atoms with Crippen LogP contribution in [0.4, 0.5) is 0 Å². The third-order valence-electron chi connectivity index (χ3n) is 4.18. The molecule has 0 spiro atoms. The first-order valence-corrected chi connectivity index (χ1v) is 7.36. The Morgan fingerprint density at radius 2 is 2.25 bits per heavy atom. The zero-order valence-corrected chi connectivity index (χ0v) is 11.8. The molecule has 1 unspecified atom stereocenters. The molecule has 108 valence electrons. The highest BCUT2D eigenvalue weighted by Crippen LogP contribution is 2.29. The van der Waals surface area contributed by atoms with Gasteiger partial charge in [0.05, 0.1) is 0 Å². The molecule has 1 atom stereocenters. The molecule has 0 radical (unpaired) electrons. The Kier molecular flexibility index (Phi) is 3.61. The van der Waals surface area contributed by atoms with Crippen molar-refractivity contribution in [1.29, 1.82) is 0 Å². The molecule has 0 bridgehead atoms. The molecule has 1 aromatic heterocycles. The van der Waals surface area contributed by atoms with Crippen molar-refractivity contribution >= 4 is 5.91 Å². The lowest BCUT2D eigenvalue weighted by Crippen LogP contribution is -2.42. The van der Waals surface area contributed by atoms with Crippen LogP contribution in [-0.2, 0) is 7.05 Å². The van der Waals surface area contributed by atoms with Crippen LogP contribution in [0.5, 0.6) is 0 Å². The Labute approximate surface area is 118 Å². The van der Waals surface area contributed by atoms with Gasteiger partial charge in [-0.2, -0.15) is 0 Å². The summed E-state index contributed by atoms with van der Waals surface area (Å²) in [6.07, 6.45) is 6.15. The molecule has 0 aromatic carbocycles. The summed E-state index contributed by atoms with van der Waals surface area (Å²) in [4.78, 5) is 26.3. The summed E-state index contributed by atoms with van der Waals surface area (Å²) in [5, 5.41) is 3.44. The molecule has 5 heteroatoms. The third kappa shape index (κ3) is 2.77. The Morgan fingerprint density at radius 3 is 2.85 bits per heavy atom. The maximum atomic E-state index is 12.6. The van der Waals surface area contributed by atoms with Gasteiger partial charge in [0.2, 0.25) is 0 Å². The van der Waals surface area contributed by atoms with Crippen molar-refractivity contribution in [2.45, 2.75) is 37.8 Å². The van der Waals surface area contributed by atoms with Gasteiger partial charge in [-0.05, 0) is 38.3 Å². The van der Waals surface area contributed by atoms with Gasteiger partial charge in [0, 0.05) is 43.5 Å². The second-order valence-electron chi connectivity index (χ2n) is 5.85. The van der Waals surface area contributed by atoms with Crippen LogP contribution in [0.1, 0.15) is 36.0 Å². The number of hydrogen-bond acceptors (Lipinski definition) is 3. The third-order valence-corrected chi connectivity index (χ3v) is 4.18. The SMILES string of the molecule is Cn1ccc(C(=O)N(CC2CCCN2)C2CC2)cc1=O. The molecule has 2 heterocycles. The van der Waals surface area contributed by atoms with E-state index in [0.29, 0.717) is 17.6 Å². The van der Waals surface area contributed by atoms with Crippen LogP contribution in [0.25, 0.3) is 0 Å². The first kappa shape index (κ1) is 13.4. The smallest absolute Gasteiger partial charge is 0.254 e. The summed E-state index contributed by atoms with van der Waals surface area (Å²) in [6.45, 7) is 1.81. The minimum atomic E-state index is -0.134. The van der Waals surface area contributed by atoms with E-state index in [0.717, 1.165) is 32.4 Å². The molecule has 1 N–H and O–H groups in total. The highest BCUT2D eigenvalue weighted by Gasteiger charge is 2.35. The van der Waals surface area contributed by atoms with Crippen molar-refractivity contribution in [3.05, 3.63) is 34.2 Å². The highest BCUT2D eigenvalue weighted by atomic mass is 16.2. The van der Waals surface area contributed by atoms with Gasteiger partial charge >= 0.3 is 0 Å². The maximum Gasteiger partial charge on any atom is 0.254 e. The molecule has 1 aliphatic heterocycles. The van der Waals surface area contributed by atoms with Crippen molar-refractivity contribution in [2.24, 2.45) is 7.05 Å².